The van der Waals surface area contributed by atoms with Crippen molar-refractivity contribution in [3.05, 3.63) is 59.0 Å². The molecule has 2 aromatic rings. The van der Waals surface area contributed by atoms with Gasteiger partial charge < -0.3 is 14.2 Å². The molecule has 0 bridgehead atoms. The molecule has 1 aromatic carbocycles. The molecule has 1 amide bonds. The van der Waals surface area contributed by atoms with Crippen molar-refractivity contribution < 1.29 is 9.53 Å². The van der Waals surface area contributed by atoms with Crippen molar-refractivity contribution in [1.29, 1.82) is 0 Å². The Morgan fingerprint density at radius 1 is 1.08 bits per heavy atom. The van der Waals surface area contributed by atoms with Crippen molar-refractivity contribution in [1.82, 2.24) is 9.47 Å². The van der Waals surface area contributed by atoms with Crippen LogP contribution < -0.4 is 0 Å². The van der Waals surface area contributed by atoms with Gasteiger partial charge in [-0.05, 0) is 105 Å². The first kappa shape index (κ1) is 22.3. The zero-order chi connectivity index (χ0) is 25.4. The highest BCUT2D eigenvalue weighted by Gasteiger charge is 2.79. The molecule has 4 nitrogen and oxygen atoms in total. The van der Waals surface area contributed by atoms with Crippen LogP contribution in [0.3, 0.4) is 0 Å². The van der Waals surface area contributed by atoms with E-state index in [4.69, 9.17) is 4.74 Å². The summed E-state index contributed by atoms with van der Waals surface area (Å²) in [4.78, 5) is 17.1. The van der Waals surface area contributed by atoms with E-state index in [9.17, 15) is 4.79 Å². The zero-order valence-corrected chi connectivity index (χ0v) is 22.9. The maximum absolute atomic E-state index is 14.7. The molecule has 1 aromatic heterocycles. The minimum atomic E-state index is -0.256. The third-order valence-electron chi connectivity index (χ3n) is 12.4. The Kier molecular flexibility index (Phi) is 4.33. The summed E-state index contributed by atoms with van der Waals surface area (Å²) in [7, 11) is 1.79. The molecule has 7 unspecified atom stereocenters. The highest BCUT2D eigenvalue weighted by atomic mass is 16.5. The van der Waals surface area contributed by atoms with Crippen LogP contribution in [-0.4, -0.2) is 34.1 Å². The van der Waals surface area contributed by atoms with E-state index >= 15 is 0 Å². The molecule has 198 valence electrons. The molecule has 1 saturated heterocycles. The number of piperidine rings is 1. The van der Waals surface area contributed by atoms with Crippen LogP contribution in [0.15, 0.2) is 42.2 Å². The van der Waals surface area contributed by atoms with Gasteiger partial charge in [-0.3, -0.25) is 4.79 Å². The van der Waals surface area contributed by atoms with Gasteiger partial charge in [-0.1, -0.05) is 37.5 Å². The number of benzene rings is 1. The lowest BCUT2D eigenvalue weighted by molar-refractivity contribution is -0.136. The molecular formula is C34H40N2O2. The van der Waals surface area contributed by atoms with Gasteiger partial charge in [0.05, 0.1) is 24.1 Å². The molecule has 0 N–H and O–H groups in total. The Hall–Kier alpha value is -2.49. The molecule has 7 aliphatic rings. The van der Waals surface area contributed by atoms with Crippen LogP contribution in [0.1, 0.15) is 92.9 Å². The van der Waals surface area contributed by atoms with E-state index in [2.05, 4.69) is 52.8 Å². The van der Waals surface area contributed by atoms with Crippen molar-refractivity contribution in [2.45, 2.75) is 101 Å². The minimum absolute atomic E-state index is 0.256. The van der Waals surface area contributed by atoms with Crippen LogP contribution in [0.2, 0.25) is 0 Å². The SMILES string of the molecule is COC1=CC2C(C=C1)c1c(C3CCCCC3)c3ccc(C)cc3n1CC1(C(=O)N3C4CCC5CCC543)CC21. The van der Waals surface area contributed by atoms with Crippen LogP contribution in [0.4, 0.5) is 0 Å². The third kappa shape index (κ3) is 2.61. The first-order chi connectivity index (χ1) is 18.6. The second-order valence-corrected chi connectivity index (χ2v) is 13.9. The van der Waals surface area contributed by atoms with Gasteiger partial charge in [-0.2, -0.15) is 0 Å². The number of hydrogen-bond donors (Lipinski definition) is 0. The fourth-order valence-electron chi connectivity index (χ4n) is 10.4. The summed E-state index contributed by atoms with van der Waals surface area (Å²) in [5, 5.41) is 1.45. The summed E-state index contributed by atoms with van der Waals surface area (Å²) in [5.74, 6) is 3.95. The fraction of sp³-hybridized carbons (Fsp3) is 0.618. The number of carbonyl (C=O) groups is 1. The standard InChI is InChI=1S/C34H40N2O2/c1-20-8-11-25-28(16-20)35-19-33(32(37)36-29-13-9-22-14-15-34(22,29)36)18-27(33)26-17-23(38-2)10-12-24(26)31(35)30(25)21-6-4-3-5-7-21/h8,10-12,16-17,21-22,24,26-27,29H,3-7,9,13-15,18-19H2,1-2H3. The van der Waals surface area contributed by atoms with Crippen LogP contribution in [0, 0.1) is 30.1 Å². The number of fused-ring (bicyclic) bond motifs is 7. The Morgan fingerprint density at radius 2 is 1.95 bits per heavy atom. The quantitative estimate of drug-likeness (QED) is 0.420. The molecule has 38 heavy (non-hydrogen) atoms. The molecule has 3 heterocycles. The molecule has 5 aliphatic carbocycles. The molecule has 0 radical (unpaired) electrons. The lowest BCUT2D eigenvalue weighted by Gasteiger charge is -2.36. The largest absolute Gasteiger partial charge is 0.497 e. The third-order valence-corrected chi connectivity index (χ3v) is 12.4. The van der Waals surface area contributed by atoms with Gasteiger partial charge >= 0.3 is 0 Å². The number of carbonyl (C=O) groups excluding carboxylic acids is 1. The highest BCUT2D eigenvalue weighted by molar-refractivity contribution is 5.92. The van der Waals surface area contributed by atoms with Gasteiger partial charge in [0.15, 0.2) is 0 Å². The summed E-state index contributed by atoms with van der Waals surface area (Å²) < 4.78 is 8.45. The van der Waals surface area contributed by atoms with E-state index in [0.29, 0.717) is 35.6 Å². The number of aryl methyl sites for hydroxylation is 1. The number of nitrogens with zero attached hydrogens (tertiary/aromatic N) is 2. The number of likely N-dealkylation sites (tertiary alicyclic amines) is 1. The Bertz CT molecular complexity index is 1440. The first-order valence-electron chi connectivity index (χ1n) is 15.5. The maximum atomic E-state index is 14.7. The molecule has 2 aliphatic heterocycles. The summed E-state index contributed by atoms with van der Waals surface area (Å²) in [6.45, 7) is 3.08. The first-order valence-corrected chi connectivity index (χ1v) is 15.5. The summed E-state index contributed by atoms with van der Waals surface area (Å²) >= 11 is 0. The Balaban J connectivity index is 1.23. The van der Waals surface area contributed by atoms with Crippen molar-refractivity contribution in [3.63, 3.8) is 0 Å². The number of amides is 1. The normalized spacial score (nSPS) is 40.2. The molecule has 4 saturated carbocycles. The number of allylic oxidation sites excluding steroid dienone is 3. The summed E-state index contributed by atoms with van der Waals surface area (Å²) in [6.07, 6.45) is 19.9. The summed E-state index contributed by atoms with van der Waals surface area (Å²) in [6, 6.07) is 7.66. The van der Waals surface area contributed by atoms with E-state index in [1.54, 1.807) is 12.7 Å². The van der Waals surface area contributed by atoms with Crippen molar-refractivity contribution in [2.75, 3.05) is 7.11 Å². The number of methoxy groups -OCH3 is 1. The molecule has 9 rings (SSSR count). The van der Waals surface area contributed by atoms with Crippen molar-refractivity contribution in [3.8, 4) is 0 Å². The van der Waals surface area contributed by atoms with E-state index < -0.39 is 0 Å². The predicted molar refractivity (Wildman–Crippen MR) is 149 cm³/mol. The molecule has 1 spiro atoms. The molecule has 5 fully saturated rings. The lowest BCUT2D eigenvalue weighted by atomic mass is 9.73. The lowest BCUT2D eigenvalue weighted by Crippen LogP contribution is -2.42. The van der Waals surface area contributed by atoms with Gasteiger partial charge in [-0.25, -0.2) is 0 Å². The monoisotopic (exact) mass is 508 g/mol. The zero-order valence-electron chi connectivity index (χ0n) is 22.9. The van der Waals surface area contributed by atoms with Gasteiger partial charge in [0.1, 0.15) is 5.76 Å². The number of hydrogen-bond acceptors (Lipinski definition) is 2. The van der Waals surface area contributed by atoms with Crippen LogP contribution in [-0.2, 0) is 16.1 Å². The second-order valence-electron chi connectivity index (χ2n) is 13.9. The van der Waals surface area contributed by atoms with Gasteiger partial charge in [0, 0.05) is 29.1 Å². The second kappa shape index (κ2) is 7.37. The van der Waals surface area contributed by atoms with E-state index in [0.717, 1.165) is 24.6 Å². The van der Waals surface area contributed by atoms with E-state index in [-0.39, 0.29) is 11.0 Å². The van der Waals surface area contributed by atoms with Gasteiger partial charge in [0.2, 0.25) is 5.91 Å². The van der Waals surface area contributed by atoms with Crippen LogP contribution in [0.5, 0.6) is 0 Å². The topological polar surface area (TPSA) is 34.2 Å². The van der Waals surface area contributed by atoms with Crippen molar-refractivity contribution >= 4 is 16.8 Å². The summed E-state index contributed by atoms with van der Waals surface area (Å²) in [5.41, 5.74) is 5.83. The number of aromatic nitrogens is 1. The van der Waals surface area contributed by atoms with Gasteiger partial charge in [0.25, 0.3) is 0 Å². The molecular weight excluding hydrogens is 468 g/mol. The Morgan fingerprint density at radius 3 is 2.71 bits per heavy atom. The average Bonchev–Trinajstić information content (AvgIpc) is 3.78. The van der Waals surface area contributed by atoms with E-state index in [1.807, 2.05) is 0 Å². The minimum Gasteiger partial charge on any atom is -0.497 e. The predicted octanol–water partition coefficient (Wildman–Crippen LogP) is 6.97. The average molecular weight is 509 g/mol. The number of ether oxygens (including phenoxy) is 1. The van der Waals surface area contributed by atoms with Crippen LogP contribution in [0.25, 0.3) is 10.9 Å². The smallest absolute Gasteiger partial charge is 0.231 e. The molecule has 7 atom stereocenters. The molecule has 4 heteroatoms. The fourth-order valence-corrected chi connectivity index (χ4v) is 10.4. The number of rotatable bonds is 3. The maximum Gasteiger partial charge on any atom is 0.231 e. The van der Waals surface area contributed by atoms with Crippen molar-refractivity contribution in [2.24, 2.45) is 23.2 Å². The van der Waals surface area contributed by atoms with Gasteiger partial charge in [-0.15, -0.1) is 0 Å². The van der Waals surface area contributed by atoms with Crippen LogP contribution >= 0.6 is 0 Å². The highest BCUT2D eigenvalue weighted by Crippen LogP contribution is 2.72. The van der Waals surface area contributed by atoms with E-state index in [1.165, 1.54) is 79.9 Å². The Labute approximate surface area is 226 Å².